The van der Waals surface area contributed by atoms with Crippen molar-refractivity contribution in [2.75, 3.05) is 11.9 Å². The summed E-state index contributed by atoms with van der Waals surface area (Å²) in [6.07, 6.45) is -1.27. The van der Waals surface area contributed by atoms with E-state index in [-0.39, 0.29) is 23.8 Å². The number of hydrogen-bond donors (Lipinski definition) is 3. The van der Waals surface area contributed by atoms with Crippen LogP contribution in [0.2, 0.25) is 0 Å². The van der Waals surface area contributed by atoms with Crippen LogP contribution in [0.5, 0.6) is 0 Å². The van der Waals surface area contributed by atoms with Crippen molar-refractivity contribution in [2.24, 2.45) is 0 Å². The van der Waals surface area contributed by atoms with Crippen LogP contribution in [0, 0.1) is 0 Å². The number of allylic oxidation sites excluding steroid dienone is 2. The molecular weight excluding hydrogens is 421 g/mol. The quantitative estimate of drug-likeness (QED) is 0.314. The van der Waals surface area contributed by atoms with Crippen molar-refractivity contribution in [3.05, 3.63) is 77.2 Å². The topological polar surface area (TPSA) is 83.2 Å². The number of anilines is 1. The molecule has 0 saturated carbocycles. The first kappa shape index (κ1) is 23.5. The summed E-state index contributed by atoms with van der Waals surface area (Å²) in [4.78, 5) is 8.69. The minimum Gasteiger partial charge on any atom is -0.459 e. The van der Waals surface area contributed by atoms with E-state index < -0.39 is 18.0 Å². The lowest BCUT2D eigenvalue weighted by molar-refractivity contribution is -0.138. The summed E-state index contributed by atoms with van der Waals surface area (Å²) in [5.41, 5.74) is -0.0587. The standard InChI is InChI=1S/C23H25F3N4O2/c1-3-5-9-16-11-12-20(32-16)18-13-19(30-22(29-18)27-4-2)21(31)28-14-15-8-6-7-10-17(15)23(24,25)26/h3,5-8,10-13,21,28,31H,4,9,14H2,1-2H3,(H,27,29,30)/b5-3+. The van der Waals surface area contributed by atoms with Gasteiger partial charge in [-0.1, -0.05) is 30.4 Å². The summed E-state index contributed by atoms with van der Waals surface area (Å²) in [5, 5.41) is 16.3. The normalized spacial score (nSPS) is 12.9. The lowest BCUT2D eigenvalue weighted by Crippen LogP contribution is -2.24. The Morgan fingerprint density at radius 1 is 1.16 bits per heavy atom. The number of aliphatic hydroxyl groups is 1. The summed E-state index contributed by atoms with van der Waals surface area (Å²) in [5.74, 6) is 1.54. The number of rotatable bonds is 9. The first-order valence-electron chi connectivity index (χ1n) is 10.2. The largest absolute Gasteiger partial charge is 0.459 e. The molecule has 0 aliphatic rings. The maximum atomic E-state index is 13.2. The average Bonchev–Trinajstić information content (AvgIpc) is 3.24. The van der Waals surface area contributed by atoms with Gasteiger partial charge in [-0.25, -0.2) is 9.97 Å². The molecule has 6 nitrogen and oxygen atoms in total. The summed E-state index contributed by atoms with van der Waals surface area (Å²) in [6.45, 7) is 4.16. The Bertz CT molecular complexity index is 1060. The van der Waals surface area contributed by atoms with Crippen LogP contribution in [-0.2, 0) is 19.1 Å². The third-order valence-corrected chi connectivity index (χ3v) is 4.64. The first-order chi connectivity index (χ1) is 15.3. The Balaban J connectivity index is 1.83. The number of alkyl halides is 3. The van der Waals surface area contributed by atoms with Crippen molar-refractivity contribution in [1.82, 2.24) is 15.3 Å². The molecular formula is C23H25F3N4O2. The maximum Gasteiger partial charge on any atom is 0.416 e. The zero-order chi connectivity index (χ0) is 23.1. The molecule has 3 aromatic rings. The van der Waals surface area contributed by atoms with Crippen LogP contribution in [0.4, 0.5) is 19.1 Å². The van der Waals surface area contributed by atoms with E-state index in [4.69, 9.17) is 4.42 Å². The van der Waals surface area contributed by atoms with Crippen LogP contribution < -0.4 is 10.6 Å². The van der Waals surface area contributed by atoms with Crippen LogP contribution in [-0.4, -0.2) is 21.6 Å². The highest BCUT2D eigenvalue weighted by Gasteiger charge is 2.32. The van der Waals surface area contributed by atoms with Crippen molar-refractivity contribution in [2.45, 2.75) is 39.2 Å². The van der Waals surface area contributed by atoms with E-state index >= 15 is 0 Å². The number of hydrogen-bond acceptors (Lipinski definition) is 6. The fourth-order valence-corrected chi connectivity index (χ4v) is 3.09. The van der Waals surface area contributed by atoms with Gasteiger partial charge in [-0.15, -0.1) is 0 Å². The van der Waals surface area contributed by atoms with Crippen molar-refractivity contribution in [3.8, 4) is 11.5 Å². The number of aromatic nitrogens is 2. The van der Waals surface area contributed by atoms with E-state index in [1.54, 1.807) is 12.1 Å². The third-order valence-electron chi connectivity index (χ3n) is 4.64. The first-order valence-corrected chi connectivity index (χ1v) is 10.2. The van der Waals surface area contributed by atoms with Crippen molar-refractivity contribution in [3.63, 3.8) is 0 Å². The summed E-state index contributed by atoms with van der Waals surface area (Å²) < 4.78 is 45.5. The second-order valence-corrected chi connectivity index (χ2v) is 7.01. The molecule has 2 heterocycles. The van der Waals surface area contributed by atoms with Gasteiger partial charge in [0, 0.05) is 19.5 Å². The molecule has 1 atom stereocenters. The predicted octanol–water partition coefficient (Wildman–Crippen LogP) is 5.09. The van der Waals surface area contributed by atoms with Gasteiger partial charge in [-0.3, -0.25) is 5.32 Å². The molecule has 0 fully saturated rings. The monoisotopic (exact) mass is 446 g/mol. The summed E-state index contributed by atoms with van der Waals surface area (Å²) >= 11 is 0. The fourth-order valence-electron chi connectivity index (χ4n) is 3.09. The van der Waals surface area contributed by atoms with Gasteiger partial charge in [0.25, 0.3) is 0 Å². The van der Waals surface area contributed by atoms with Crippen LogP contribution in [0.25, 0.3) is 11.5 Å². The number of benzene rings is 1. The molecule has 3 N–H and O–H groups in total. The molecule has 170 valence electrons. The van der Waals surface area contributed by atoms with Gasteiger partial charge in [0.1, 0.15) is 17.7 Å². The van der Waals surface area contributed by atoms with Gasteiger partial charge >= 0.3 is 6.18 Å². The number of nitrogens with one attached hydrogen (secondary N) is 2. The van der Waals surface area contributed by atoms with E-state index in [0.717, 1.165) is 11.8 Å². The molecule has 0 radical (unpaired) electrons. The minimum atomic E-state index is -4.48. The Hall–Kier alpha value is -3.17. The molecule has 0 spiro atoms. The van der Waals surface area contributed by atoms with Crippen LogP contribution in [0.15, 0.2) is 59.0 Å². The summed E-state index contributed by atoms with van der Waals surface area (Å²) in [7, 11) is 0. The summed E-state index contributed by atoms with van der Waals surface area (Å²) in [6, 6.07) is 10.4. The van der Waals surface area contributed by atoms with E-state index in [1.165, 1.54) is 18.2 Å². The van der Waals surface area contributed by atoms with Gasteiger partial charge in [0.05, 0.1) is 11.3 Å². The Morgan fingerprint density at radius 3 is 2.66 bits per heavy atom. The molecule has 0 aliphatic carbocycles. The molecule has 2 aromatic heterocycles. The number of halogens is 3. The van der Waals surface area contributed by atoms with E-state index in [9.17, 15) is 18.3 Å². The highest BCUT2D eigenvalue weighted by atomic mass is 19.4. The fraction of sp³-hybridized carbons (Fsp3) is 0.304. The van der Waals surface area contributed by atoms with Crippen molar-refractivity contribution < 1.29 is 22.7 Å². The zero-order valence-electron chi connectivity index (χ0n) is 17.8. The highest BCUT2D eigenvalue weighted by Crippen LogP contribution is 2.32. The molecule has 0 bridgehead atoms. The Morgan fingerprint density at radius 2 is 1.94 bits per heavy atom. The number of furan rings is 1. The number of aliphatic hydroxyl groups excluding tert-OH is 1. The molecule has 0 amide bonds. The minimum absolute atomic E-state index is 0.0277. The maximum absolute atomic E-state index is 13.2. The van der Waals surface area contributed by atoms with Crippen LogP contribution >= 0.6 is 0 Å². The van der Waals surface area contributed by atoms with E-state index in [0.29, 0.717) is 24.4 Å². The Labute approximate surface area is 184 Å². The molecule has 0 saturated heterocycles. The third kappa shape index (κ3) is 5.95. The molecule has 3 rings (SSSR count). The molecule has 32 heavy (non-hydrogen) atoms. The number of nitrogens with zero attached hydrogens (tertiary/aromatic N) is 2. The lowest BCUT2D eigenvalue weighted by Gasteiger charge is -2.17. The molecule has 1 aromatic carbocycles. The average molecular weight is 446 g/mol. The zero-order valence-corrected chi connectivity index (χ0v) is 17.8. The second kappa shape index (κ2) is 10.4. The van der Waals surface area contributed by atoms with E-state index in [1.807, 2.05) is 32.1 Å². The highest BCUT2D eigenvalue weighted by molar-refractivity contribution is 5.55. The van der Waals surface area contributed by atoms with Gasteiger partial charge in [-0.2, -0.15) is 13.2 Å². The van der Waals surface area contributed by atoms with Crippen LogP contribution in [0.1, 0.15) is 42.7 Å². The van der Waals surface area contributed by atoms with Gasteiger partial charge < -0.3 is 14.8 Å². The van der Waals surface area contributed by atoms with Crippen molar-refractivity contribution >= 4 is 5.95 Å². The van der Waals surface area contributed by atoms with E-state index in [2.05, 4.69) is 20.6 Å². The SMILES string of the molecule is C/C=C/Cc1ccc(-c2cc(C(O)NCc3ccccc3C(F)(F)F)nc(NCC)n2)o1. The van der Waals surface area contributed by atoms with Crippen LogP contribution in [0.3, 0.4) is 0 Å². The Kier molecular flexibility index (Phi) is 7.66. The molecule has 0 aliphatic heterocycles. The van der Waals surface area contributed by atoms with Gasteiger partial charge in [0.2, 0.25) is 5.95 Å². The molecule has 9 heteroatoms. The predicted molar refractivity (Wildman–Crippen MR) is 116 cm³/mol. The smallest absolute Gasteiger partial charge is 0.416 e. The van der Waals surface area contributed by atoms with Crippen molar-refractivity contribution in [1.29, 1.82) is 0 Å². The van der Waals surface area contributed by atoms with Gasteiger partial charge in [0.15, 0.2) is 5.76 Å². The van der Waals surface area contributed by atoms with Gasteiger partial charge in [-0.05, 0) is 43.7 Å². The second-order valence-electron chi connectivity index (χ2n) is 7.01. The molecule has 1 unspecified atom stereocenters. The lowest BCUT2D eigenvalue weighted by atomic mass is 10.1.